The van der Waals surface area contributed by atoms with Crippen LogP contribution in [-0.2, 0) is 9.53 Å². The monoisotopic (exact) mass is 213 g/mol. The quantitative estimate of drug-likeness (QED) is 0.657. The summed E-state index contributed by atoms with van der Waals surface area (Å²) in [6, 6.07) is -0.115. The lowest BCUT2D eigenvalue weighted by Crippen LogP contribution is -2.43. The van der Waals surface area contributed by atoms with Gasteiger partial charge < -0.3 is 10.1 Å². The predicted molar refractivity (Wildman–Crippen MR) is 60.6 cm³/mol. The Morgan fingerprint density at radius 3 is 2.67 bits per heavy atom. The van der Waals surface area contributed by atoms with Crippen LogP contribution in [0.1, 0.15) is 39.5 Å². The molecule has 2 atom stereocenters. The highest BCUT2D eigenvalue weighted by atomic mass is 16.5. The highest BCUT2D eigenvalue weighted by Gasteiger charge is 2.28. The molecule has 0 saturated heterocycles. The van der Waals surface area contributed by atoms with E-state index in [0.717, 1.165) is 25.3 Å². The molecule has 2 unspecified atom stereocenters. The number of carbonyl (C=O) groups excluding carboxylic acids is 1. The van der Waals surface area contributed by atoms with Crippen molar-refractivity contribution in [3.63, 3.8) is 0 Å². The van der Waals surface area contributed by atoms with Crippen LogP contribution in [-0.4, -0.2) is 25.7 Å². The Morgan fingerprint density at radius 1 is 1.53 bits per heavy atom. The standard InChI is InChI=1S/C12H23NO2/c1-4-5-9(2)11(12(14)15-3)13-8-10-6-7-10/h9-11,13H,4-8H2,1-3H3. The molecule has 88 valence electrons. The number of hydrogen-bond acceptors (Lipinski definition) is 3. The van der Waals surface area contributed by atoms with Crippen molar-refractivity contribution in [3.05, 3.63) is 0 Å². The maximum absolute atomic E-state index is 11.6. The number of rotatable bonds is 7. The van der Waals surface area contributed by atoms with Crippen molar-refractivity contribution in [2.24, 2.45) is 11.8 Å². The molecule has 0 aromatic carbocycles. The van der Waals surface area contributed by atoms with Crippen molar-refractivity contribution in [1.82, 2.24) is 5.32 Å². The summed E-state index contributed by atoms with van der Waals surface area (Å²) in [7, 11) is 1.47. The van der Waals surface area contributed by atoms with Crippen LogP contribution in [0.2, 0.25) is 0 Å². The molecule has 15 heavy (non-hydrogen) atoms. The SMILES string of the molecule is CCCC(C)C(NCC1CC1)C(=O)OC. The van der Waals surface area contributed by atoms with Gasteiger partial charge in [-0.25, -0.2) is 0 Å². The maximum atomic E-state index is 11.6. The lowest BCUT2D eigenvalue weighted by Gasteiger charge is -2.22. The number of ether oxygens (including phenoxy) is 1. The third-order valence-electron chi connectivity index (χ3n) is 3.09. The molecule has 0 radical (unpaired) electrons. The van der Waals surface area contributed by atoms with Gasteiger partial charge in [0.15, 0.2) is 0 Å². The first-order valence-electron chi connectivity index (χ1n) is 6.00. The van der Waals surface area contributed by atoms with Crippen LogP contribution < -0.4 is 5.32 Å². The molecule has 1 aliphatic rings. The van der Waals surface area contributed by atoms with Gasteiger partial charge in [-0.3, -0.25) is 4.79 Å². The van der Waals surface area contributed by atoms with E-state index in [2.05, 4.69) is 19.2 Å². The van der Waals surface area contributed by atoms with Crippen LogP contribution in [0.25, 0.3) is 0 Å². The molecule has 0 aromatic heterocycles. The zero-order chi connectivity index (χ0) is 11.3. The van der Waals surface area contributed by atoms with Gasteiger partial charge in [0.25, 0.3) is 0 Å². The van der Waals surface area contributed by atoms with Gasteiger partial charge in [-0.15, -0.1) is 0 Å². The van der Waals surface area contributed by atoms with Gasteiger partial charge in [0, 0.05) is 0 Å². The lowest BCUT2D eigenvalue weighted by molar-refractivity contribution is -0.144. The molecule has 1 rings (SSSR count). The first-order valence-corrected chi connectivity index (χ1v) is 6.00. The van der Waals surface area contributed by atoms with Crippen molar-refractivity contribution in [2.75, 3.05) is 13.7 Å². The van der Waals surface area contributed by atoms with Crippen LogP contribution in [0, 0.1) is 11.8 Å². The second-order valence-corrected chi connectivity index (χ2v) is 4.62. The third-order valence-corrected chi connectivity index (χ3v) is 3.09. The summed E-state index contributed by atoms with van der Waals surface area (Å²) in [6.45, 7) is 5.23. The minimum absolute atomic E-state index is 0.114. The Morgan fingerprint density at radius 2 is 2.20 bits per heavy atom. The molecule has 1 aliphatic carbocycles. The Balaban J connectivity index is 2.38. The van der Waals surface area contributed by atoms with Crippen molar-refractivity contribution in [1.29, 1.82) is 0 Å². The van der Waals surface area contributed by atoms with E-state index in [0.29, 0.717) is 5.92 Å². The second kappa shape index (κ2) is 6.11. The summed E-state index contributed by atoms with van der Waals surface area (Å²) in [5.74, 6) is 1.05. The second-order valence-electron chi connectivity index (χ2n) is 4.62. The summed E-state index contributed by atoms with van der Waals surface area (Å²) in [6.07, 6.45) is 4.79. The van der Waals surface area contributed by atoms with E-state index in [1.807, 2.05) is 0 Å². The highest BCUT2D eigenvalue weighted by Crippen LogP contribution is 2.28. The molecule has 0 heterocycles. The van der Waals surface area contributed by atoms with Crippen molar-refractivity contribution < 1.29 is 9.53 Å². The zero-order valence-electron chi connectivity index (χ0n) is 10.1. The zero-order valence-corrected chi connectivity index (χ0v) is 10.1. The smallest absolute Gasteiger partial charge is 0.323 e. The Labute approximate surface area is 92.6 Å². The van der Waals surface area contributed by atoms with Crippen LogP contribution in [0.5, 0.6) is 0 Å². The van der Waals surface area contributed by atoms with Crippen molar-refractivity contribution in [2.45, 2.75) is 45.6 Å². The minimum Gasteiger partial charge on any atom is -0.468 e. The molecule has 1 fully saturated rings. The average Bonchev–Trinajstić information content (AvgIpc) is 3.02. The van der Waals surface area contributed by atoms with Crippen molar-refractivity contribution >= 4 is 5.97 Å². The lowest BCUT2D eigenvalue weighted by atomic mass is 9.97. The van der Waals surface area contributed by atoms with Crippen LogP contribution >= 0.6 is 0 Å². The molecule has 0 aromatic rings. The normalized spacial score (nSPS) is 19.7. The summed E-state index contributed by atoms with van der Waals surface area (Å²) in [5.41, 5.74) is 0. The average molecular weight is 213 g/mol. The van der Waals surface area contributed by atoms with Gasteiger partial charge in [0.2, 0.25) is 0 Å². The van der Waals surface area contributed by atoms with Crippen LogP contribution in [0.3, 0.4) is 0 Å². The van der Waals surface area contributed by atoms with E-state index in [-0.39, 0.29) is 12.0 Å². The molecule has 1 saturated carbocycles. The Hall–Kier alpha value is -0.570. The first-order chi connectivity index (χ1) is 7.19. The number of nitrogens with one attached hydrogen (secondary N) is 1. The molecule has 3 nitrogen and oxygen atoms in total. The fraction of sp³-hybridized carbons (Fsp3) is 0.917. The third kappa shape index (κ3) is 4.20. The molecule has 0 aliphatic heterocycles. The maximum Gasteiger partial charge on any atom is 0.323 e. The molecule has 0 bridgehead atoms. The minimum atomic E-state index is -0.115. The largest absolute Gasteiger partial charge is 0.468 e. The fourth-order valence-electron chi connectivity index (χ4n) is 1.88. The van der Waals surface area contributed by atoms with Crippen LogP contribution in [0.4, 0.5) is 0 Å². The molecule has 0 spiro atoms. The van der Waals surface area contributed by atoms with E-state index < -0.39 is 0 Å². The molecule has 0 amide bonds. The topological polar surface area (TPSA) is 38.3 Å². The van der Waals surface area contributed by atoms with Gasteiger partial charge in [0.05, 0.1) is 7.11 Å². The summed E-state index contributed by atoms with van der Waals surface area (Å²) >= 11 is 0. The summed E-state index contributed by atoms with van der Waals surface area (Å²) in [4.78, 5) is 11.6. The number of hydrogen-bond donors (Lipinski definition) is 1. The van der Waals surface area contributed by atoms with Gasteiger partial charge in [-0.1, -0.05) is 20.3 Å². The molecule has 3 heteroatoms. The predicted octanol–water partition coefficient (Wildman–Crippen LogP) is 1.96. The highest BCUT2D eigenvalue weighted by molar-refractivity contribution is 5.75. The van der Waals surface area contributed by atoms with E-state index in [4.69, 9.17) is 4.74 Å². The van der Waals surface area contributed by atoms with Gasteiger partial charge in [-0.2, -0.15) is 0 Å². The number of carbonyl (C=O) groups is 1. The summed E-state index contributed by atoms with van der Waals surface area (Å²) in [5, 5.41) is 3.34. The molecule has 1 N–H and O–H groups in total. The molecular weight excluding hydrogens is 190 g/mol. The number of methoxy groups -OCH3 is 1. The van der Waals surface area contributed by atoms with Gasteiger partial charge >= 0.3 is 5.97 Å². The van der Waals surface area contributed by atoms with Crippen LogP contribution in [0.15, 0.2) is 0 Å². The Bertz CT molecular complexity index is 202. The van der Waals surface area contributed by atoms with Crippen molar-refractivity contribution in [3.8, 4) is 0 Å². The van der Waals surface area contributed by atoms with E-state index in [9.17, 15) is 4.79 Å². The first kappa shape index (κ1) is 12.5. The van der Waals surface area contributed by atoms with E-state index >= 15 is 0 Å². The molecular formula is C12H23NO2. The fourth-order valence-corrected chi connectivity index (χ4v) is 1.88. The Kier molecular flexibility index (Phi) is 5.09. The van der Waals surface area contributed by atoms with E-state index in [1.54, 1.807) is 0 Å². The summed E-state index contributed by atoms with van der Waals surface area (Å²) < 4.78 is 4.83. The number of esters is 1. The van der Waals surface area contributed by atoms with Gasteiger partial charge in [0.1, 0.15) is 6.04 Å². The van der Waals surface area contributed by atoms with Gasteiger partial charge in [-0.05, 0) is 37.6 Å². The van der Waals surface area contributed by atoms with E-state index in [1.165, 1.54) is 20.0 Å².